The predicted molar refractivity (Wildman–Crippen MR) is 32.6 cm³/mol. The lowest BCUT2D eigenvalue weighted by Gasteiger charge is -1.78. The lowest BCUT2D eigenvalue weighted by Crippen LogP contribution is -2.22. The molecule has 0 spiro atoms. The van der Waals surface area contributed by atoms with Gasteiger partial charge in [0.1, 0.15) is 0 Å². The number of hydrogen-bond donors (Lipinski definition) is 2. The normalized spacial score (nSPS) is 16.5. The minimum atomic E-state index is -0.398. The molecule has 1 saturated heterocycles. The average molecular weight is 134 g/mol. The minimum absolute atomic E-state index is 0. The fraction of sp³-hybridized carbons (Fsp3) is 0.333. The predicted octanol–water partition coefficient (Wildman–Crippen LogP) is -1.12. The summed E-state index contributed by atoms with van der Waals surface area (Å²) < 4.78 is 0. The molecule has 2 N–H and O–H groups in total. The number of amides is 3. The van der Waals surface area contributed by atoms with Gasteiger partial charge < -0.3 is 5.32 Å². The molecule has 3 amide bonds. The maximum Gasteiger partial charge on any atom is 0.321 e. The zero-order valence-corrected chi connectivity index (χ0v) is 5.64. The highest BCUT2D eigenvalue weighted by Crippen LogP contribution is 1.73. The number of nitrogens with one attached hydrogen (secondary N) is 2. The van der Waals surface area contributed by atoms with Gasteiger partial charge in [0.05, 0.1) is 6.54 Å². The van der Waals surface area contributed by atoms with E-state index in [1.807, 2.05) is 5.32 Å². The SMILES string of the molecule is O=C1CNC(=O)N1.P. The van der Waals surface area contributed by atoms with Crippen LogP contribution in [0.1, 0.15) is 0 Å². The van der Waals surface area contributed by atoms with Crippen LogP contribution in [0.25, 0.3) is 0 Å². The van der Waals surface area contributed by atoms with Gasteiger partial charge in [-0.25, -0.2) is 4.79 Å². The number of hydrogen-bond acceptors (Lipinski definition) is 2. The average Bonchev–Trinajstić information content (AvgIpc) is 1.87. The first-order chi connectivity index (χ1) is 3.29. The second-order valence-corrected chi connectivity index (χ2v) is 1.23. The summed E-state index contributed by atoms with van der Waals surface area (Å²) in [5, 5.41) is 4.30. The van der Waals surface area contributed by atoms with Crippen LogP contribution in [0.4, 0.5) is 4.79 Å². The van der Waals surface area contributed by atoms with Crippen molar-refractivity contribution in [3.63, 3.8) is 0 Å². The number of carbonyl (C=O) groups excluding carboxylic acids is 2. The van der Waals surface area contributed by atoms with E-state index in [1.54, 1.807) is 0 Å². The molecule has 0 aliphatic carbocycles. The molecule has 46 valence electrons. The van der Waals surface area contributed by atoms with Crippen LogP contribution in [0, 0.1) is 0 Å². The lowest BCUT2D eigenvalue weighted by molar-refractivity contribution is -0.117. The monoisotopic (exact) mass is 134 g/mol. The number of carbonyl (C=O) groups is 2. The van der Waals surface area contributed by atoms with Crippen molar-refractivity contribution in [1.82, 2.24) is 10.6 Å². The second kappa shape index (κ2) is 2.62. The number of imide groups is 1. The molecule has 1 aliphatic heterocycles. The number of rotatable bonds is 0. The van der Waals surface area contributed by atoms with Gasteiger partial charge in [0, 0.05) is 0 Å². The Bertz CT molecular complexity index is 110. The van der Waals surface area contributed by atoms with E-state index in [0.29, 0.717) is 0 Å². The van der Waals surface area contributed by atoms with E-state index < -0.39 is 6.03 Å². The highest BCUT2D eigenvalue weighted by atomic mass is 31.0. The van der Waals surface area contributed by atoms with Gasteiger partial charge in [-0.1, -0.05) is 0 Å². The van der Waals surface area contributed by atoms with Crippen molar-refractivity contribution in [2.45, 2.75) is 0 Å². The van der Waals surface area contributed by atoms with Crippen LogP contribution in [-0.4, -0.2) is 18.5 Å². The molecule has 1 aliphatic rings. The Morgan fingerprint density at radius 1 is 1.38 bits per heavy atom. The molecule has 1 atom stereocenters. The largest absolute Gasteiger partial charge is 0.329 e. The first-order valence-corrected chi connectivity index (χ1v) is 1.87. The Balaban J connectivity index is 0.000000490. The van der Waals surface area contributed by atoms with E-state index in [2.05, 4.69) is 5.32 Å². The van der Waals surface area contributed by atoms with Crippen molar-refractivity contribution < 1.29 is 9.59 Å². The van der Waals surface area contributed by atoms with Crippen molar-refractivity contribution >= 4 is 21.8 Å². The fourth-order valence-electron chi connectivity index (χ4n) is 0.376. The summed E-state index contributed by atoms with van der Waals surface area (Å²) in [7, 11) is 0. The van der Waals surface area contributed by atoms with Crippen molar-refractivity contribution in [2.75, 3.05) is 6.54 Å². The molecule has 8 heavy (non-hydrogen) atoms. The Hall–Kier alpha value is -0.630. The fourth-order valence-corrected chi connectivity index (χ4v) is 0.376. The molecule has 1 heterocycles. The van der Waals surface area contributed by atoms with E-state index in [1.165, 1.54) is 0 Å². The van der Waals surface area contributed by atoms with Gasteiger partial charge in [-0.3, -0.25) is 10.1 Å². The van der Waals surface area contributed by atoms with Crippen molar-refractivity contribution in [3.8, 4) is 0 Å². The standard InChI is InChI=1S/C3H4N2O2.H3P/c6-2-1-4-3(7)5-2;/h1H2,(H2,4,5,6,7);1H3. The molecule has 0 aromatic rings. The van der Waals surface area contributed by atoms with E-state index in [9.17, 15) is 9.59 Å². The lowest BCUT2D eigenvalue weighted by atomic mass is 10.7. The van der Waals surface area contributed by atoms with Crippen LogP contribution in [0.2, 0.25) is 0 Å². The van der Waals surface area contributed by atoms with E-state index >= 15 is 0 Å². The van der Waals surface area contributed by atoms with Gasteiger partial charge in [-0.05, 0) is 0 Å². The molecule has 4 nitrogen and oxygen atoms in total. The summed E-state index contributed by atoms with van der Waals surface area (Å²) in [5.74, 6) is -0.259. The molecule has 0 bridgehead atoms. The van der Waals surface area contributed by atoms with Crippen molar-refractivity contribution in [3.05, 3.63) is 0 Å². The molecular weight excluding hydrogens is 127 g/mol. The maximum absolute atomic E-state index is 10.1. The molecular formula is C3H7N2O2P. The van der Waals surface area contributed by atoms with Gasteiger partial charge >= 0.3 is 6.03 Å². The molecule has 1 rings (SSSR count). The smallest absolute Gasteiger partial charge is 0.321 e. The Morgan fingerprint density at radius 2 is 2.00 bits per heavy atom. The van der Waals surface area contributed by atoms with E-state index in [4.69, 9.17) is 0 Å². The van der Waals surface area contributed by atoms with Crippen LogP contribution in [0.3, 0.4) is 0 Å². The summed E-state index contributed by atoms with van der Waals surface area (Å²) in [6.07, 6.45) is 0. The third-order valence-corrected chi connectivity index (χ3v) is 0.662. The molecule has 0 aromatic carbocycles. The van der Waals surface area contributed by atoms with Crippen LogP contribution in [0.15, 0.2) is 0 Å². The van der Waals surface area contributed by atoms with Crippen molar-refractivity contribution in [1.29, 1.82) is 0 Å². The topological polar surface area (TPSA) is 58.2 Å². The van der Waals surface area contributed by atoms with Gasteiger partial charge in [-0.2, -0.15) is 9.90 Å². The summed E-state index contributed by atoms with van der Waals surface area (Å²) >= 11 is 0. The third-order valence-electron chi connectivity index (χ3n) is 0.662. The Morgan fingerprint density at radius 3 is 2.12 bits per heavy atom. The van der Waals surface area contributed by atoms with Gasteiger partial charge in [0.2, 0.25) is 5.91 Å². The van der Waals surface area contributed by atoms with Crippen molar-refractivity contribution in [2.24, 2.45) is 0 Å². The van der Waals surface area contributed by atoms with Gasteiger partial charge in [0.25, 0.3) is 0 Å². The molecule has 1 unspecified atom stereocenters. The zero-order chi connectivity index (χ0) is 5.28. The summed E-state index contributed by atoms with van der Waals surface area (Å²) in [6.45, 7) is 0.124. The van der Waals surface area contributed by atoms with E-state index in [-0.39, 0.29) is 22.4 Å². The Kier molecular flexibility index (Phi) is 2.42. The number of urea groups is 1. The van der Waals surface area contributed by atoms with E-state index in [0.717, 1.165) is 0 Å². The summed E-state index contributed by atoms with van der Waals surface area (Å²) in [6, 6.07) is -0.398. The van der Waals surface area contributed by atoms with Crippen LogP contribution >= 0.6 is 9.90 Å². The van der Waals surface area contributed by atoms with Gasteiger partial charge in [-0.15, -0.1) is 0 Å². The third kappa shape index (κ3) is 1.46. The molecule has 5 heteroatoms. The minimum Gasteiger partial charge on any atom is -0.329 e. The maximum atomic E-state index is 10.1. The first-order valence-electron chi connectivity index (χ1n) is 1.87. The Labute approximate surface area is 49.6 Å². The van der Waals surface area contributed by atoms with Gasteiger partial charge in [0.15, 0.2) is 0 Å². The molecule has 1 fully saturated rings. The highest BCUT2D eigenvalue weighted by molar-refractivity contribution is 6.92. The summed E-state index contributed by atoms with van der Waals surface area (Å²) in [4.78, 5) is 20.1. The molecule has 0 aromatic heterocycles. The van der Waals surface area contributed by atoms with Crippen LogP contribution in [0.5, 0.6) is 0 Å². The molecule has 0 radical (unpaired) electrons. The quantitative estimate of drug-likeness (QED) is 0.326. The molecule has 0 saturated carbocycles. The van der Waals surface area contributed by atoms with Crippen LogP contribution < -0.4 is 10.6 Å². The summed E-state index contributed by atoms with van der Waals surface area (Å²) in [5.41, 5.74) is 0. The first kappa shape index (κ1) is 7.37. The highest BCUT2D eigenvalue weighted by Gasteiger charge is 2.14. The zero-order valence-electron chi connectivity index (χ0n) is 4.23. The van der Waals surface area contributed by atoms with Crippen LogP contribution in [-0.2, 0) is 4.79 Å². The second-order valence-electron chi connectivity index (χ2n) is 1.23.